The van der Waals surface area contributed by atoms with Crippen LogP contribution in [0.1, 0.15) is 12.7 Å². The third-order valence-electron chi connectivity index (χ3n) is 3.20. The summed E-state index contributed by atoms with van der Waals surface area (Å²) in [6, 6.07) is 8.55. The Morgan fingerprint density at radius 2 is 2.11 bits per heavy atom. The van der Waals surface area contributed by atoms with Crippen molar-refractivity contribution in [3.63, 3.8) is 0 Å². The molecule has 3 rings (SSSR count). The lowest BCUT2D eigenvalue weighted by Crippen LogP contribution is -2.27. The number of hydrogen-bond donors (Lipinski definition) is 2. The van der Waals surface area contributed by atoms with Crippen LogP contribution >= 0.6 is 0 Å². The van der Waals surface area contributed by atoms with Gasteiger partial charge >= 0.3 is 0 Å². The van der Waals surface area contributed by atoms with Gasteiger partial charge in [0.1, 0.15) is 23.9 Å². The van der Waals surface area contributed by atoms with Gasteiger partial charge in [-0.1, -0.05) is 18.2 Å². The van der Waals surface area contributed by atoms with E-state index in [4.69, 9.17) is 9.52 Å². The molecular formula is C15H12O4. The Hall–Kier alpha value is -2.33. The number of hydrogen-bond acceptors (Lipinski definition) is 4. The molecular weight excluding hydrogens is 244 g/mol. The van der Waals surface area contributed by atoms with Gasteiger partial charge in [0.15, 0.2) is 5.43 Å². The summed E-state index contributed by atoms with van der Waals surface area (Å²) >= 11 is 0. The average Bonchev–Trinajstić information content (AvgIpc) is 2.37. The SMILES string of the molecule is C/C(O)=c1/c(=O)cc2oc(CO)cc3cccc1c3-2. The topological polar surface area (TPSA) is 70.7 Å². The van der Waals surface area contributed by atoms with Crippen molar-refractivity contribution in [3.8, 4) is 11.3 Å². The van der Waals surface area contributed by atoms with Gasteiger partial charge in [0, 0.05) is 17.0 Å². The quantitative estimate of drug-likeness (QED) is 0.696. The second-order valence-electron chi connectivity index (χ2n) is 4.47. The zero-order chi connectivity index (χ0) is 13.6. The molecule has 0 unspecified atom stereocenters. The molecule has 0 fully saturated rings. The number of aliphatic hydroxyl groups excluding tert-OH is 2. The van der Waals surface area contributed by atoms with Gasteiger partial charge in [0.2, 0.25) is 0 Å². The lowest BCUT2D eigenvalue weighted by molar-refractivity contribution is 0.246. The standard InChI is InChI=1S/C15H12O4/c1-8(17)14-11-4-2-3-9-5-10(7-16)19-13(15(9)11)6-12(14)18/h2-6,16-17H,7H2,1H3/b14-8-. The molecule has 0 radical (unpaired) electrons. The zero-order valence-electron chi connectivity index (χ0n) is 10.3. The van der Waals surface area contributed by atoms with E-state index in [0.717, 1.165) is 10.9 Å². The normalized spacial score (nSPS) is 13.2. The Labute approximate surface area is 108 Å². The highest BCUT2D eigenvalue weighted by molar-refractivity contribution is 5.96. The molecule has 1 aliphatic heterocycles. The summed E-state index contributed by atoms with van der Waals surface area (Å²) in [7, 11) is 0. The van der Waals surface area contributed by atoms with Crippen molar-refractivity contribution in [2.45, 2.75) is 13.5 Å². The van der Waals surface area contributed by atoms with Gasteiger partial charge in [-0.3, -0.25) is 4.79 Å². The molecule has 0 spiro atoms. The second kappa shape index (κ2) is 4.10. The van der Waals surface area contributed by atoms with E-state index in [2.05, 4.69) is 0 Å². The van der Waals surface area contributed by atoms with Crippen LogP contribution in [0.4, 0.5) is 0 Å². The molecule has 2 aliphatic rings. The minimum Gasteiger partial charge on any atom is -0.512 e. The summed E-state index contributed by atoms with van der Waals surface area (Å²) in [4.78, 5) is 12.0. The Morgan fingerprint density at radius 1 is 1.32 bits per heavy atom. The van der Waals surface area contributed by atoms with Gasteiger partial charge in [-0.15, -0.1) is 0 Å². The fourth-order valence-electron chi connectivity index (χ4n) is 2.45. The second-order valence-corrected chi connectivity index (χ2v) is 4.47. The maximum Gasteiger partial charge on any atom is 0.193 e. The largest absolute Gasteiger partial charge is 0.512 e. The molecule has 2 N–H and O–H groups in total. The van der Waals surface area contributed by atoms with Crippen LogP contribution in [0, 0.1) is 0 Å². The van der Waals surface area contributed by atoms with E-state index in [1.807, 2.05) is 12.1 Å². The van der Waals surface area contributed by atoms with Crippen molar-refractivity contribution in [2.24, 2.45) is 0 Å². The molecule has 1 aromatic carbocycles. The predicted octanol–water partition coefficient (Wildman–Crippen LogP) is 1.80. The Bertz CT molecular complexity index is 841. The van der Waals surface area contributed by atoms with Gasteiger partial charge < -0.3 is 14.6 Å². The number of benzene rings is 2. The van der Waals surface area contributed by atoms with E-state index in [1.54, 1.807) is 12.1 Å². The molecule has 4 heteroatoms. The van der Waals surface area contributed by atoms with Crippen molar-refractivity contribution in [1.82, 2.24) is 0 Å². The smallest absolute Gasteiger partial charge is 0.193 e. The fourth-order valence-corrected chi connectivity index (χ4v) is 2.45. The number of aliphatic hydroxyl groups is 2. The zero-order valence-corrected chi connectivity index (χ0v) is 10.3. The minimum absolute atomic E-state index is 0.00867. The summed E-state index contributed by atoms with van der Waals surface area (Å²) in [6.07, 6.45) is 0. The van der Waals surface area contributed by atoms with Crippen molar-refractivity contribution >= 4 is 16.5 Å². The Kier molecular flexibility index (Phi) is 2.54. The molecule has 1 heterocycles. The third kappa shape index (κ3) is 1.69. The fraction of sp³-hybridized carbons (Fsp3) is 0.133. The molecule has 0 saturated carbocycles. The highest BCUT2D eigenvalue weighted by atomic mass is 16.4. The first kappa shape index (κ1) is 11.7. The molecule has 0 bridgehead atoms. The summed E-state index contributed by atoms with van der Waals surface area (Å²) in [6.45, 7) is 1.26. The van der Waals surface area contributed by atoms with Gasteiger partial charge in [-0.25, -0.2) is 0 Å². The minimum atomic E-state index is -0.293. The number of rotatable bonds is 1. The van der Waals surface area contributed by atoms with Gasteiger partial charge in [0.25, 0.3) is 0 Å². The van der Waals surface area contributed by atoms with Crippen LogP contribution < -0.4 is 10.6 Å². The van der Waals surface area contributed by atoms with Gasteiger partial charge in [-0.2, -0.15) is 0 Å². The van der Waals surface area contributed by atoms with Crippen LogP contribution in [0.15, 0.2) is 39.5 Å². The van der Waals surface area contributed by atoms with Crippen molar-refractivity contribution in [3.05, 3.63) is 51.5 Å². The monoisotopic (exact) mass is 256 g/mol. The van der Waals surface area contributed by atoms with E-state index in [0.29, 0.717) is 22.1 Å². The van der Waals surface area contributed by atoms with Crippen molar-refractivity contribution in [1.29, 1.82) is 0 Å². The van der Waals surface area contributed by atoms with E-state index in [9.17, 15) is 9.90 Å². The lowest BCUT2D eigenvalue weighted by atomic mass is 9.97. The van der Waals surface area contributed by atoms with Crippen molar-refractivity contribution < 1.29 is 14.6 Å². The van der Waals surface area contributed by atoms with Crippen LogP contribution in [-0.2, 0) is 6.61 Å². The first-order chi connectivity index (χ1) is 9.11. The van der Waals surface area contributed by atoms with Crippen LogP contribution in [0.5, 0.6) is 0 Å². The third-order valence-corrected chi connectivity index (χ3v) is 3.20. The van der Waals surface area contributed by atoms with E-state index in [1.165, 1.54) is 13.0 Å². The lowest BCUT2D eigenvalue weighted by Gasteiger charge is -2.12. The molecule has 0 atom stereocenters. The Morgan fingerprint density at radius 3 is 2.79 bits per heavy atom. The van der Waals surface area contributed by atoms with Crippen LogP contribution in [0.3, 0.4) is 0 Å². The summed E-state index contributed by atoms with van der Waals surface area (Å²) < 4.78 is 5.49. The average molecular weight is 256 g/mol. The van der Waals surface area contributed by atoms with Crippen LogP contribution in [0.2, 0.25) is 0 Å². The van der Waals surface area contributed by atoms with Crippen LogP contribution in [-0.4, -0.2) is 10.2 Å². The first-order valence-electron chi connectivity index (χ1n) is 5.90. The highest BCUT2D eigenvalue weighted by Crippen LogP contribution is 2.31. The predicted molar refractivity (Wildman–Crippen MR) is 72.0 cm³/mol. The van der Waals surface area contributed by atoms with E-state index < -0.39 is 0 Å². The molecule has 19 heavy (non-hydrogen) atoms. The molecule has 1 aromatic rings. The molecule has 1 aliphatic carbocycles. The summed E-state index contributed by atoms with van der Waals surface area (Å²) in [5, 5.41) is 20.7. The Balaban J connectivity index is 2.65. The van der Waals surface area contributed by atoms with Crippen LogP contribution in [0.25, 0.3) is 27.9 Å². The molecule has 96 valence electrons. The van der Waals surface area contributed by atoms with E-state index >= 15 is 0 Å². The molecule has 0 aromatic heterocycles. The summed E-state index contributed by atoms with van der Waals surface area (Å²) in [5.74, 6) is 0.814. The van der Waals surface area contributed by atoms with E-state index in [-0.39, 0.29) is 17.8 Å². The first-order valence-corrected chi connectivity index (χ1v) is 5.90. The molecule has 0 amide bonds. The highest BCUT2D eigenvalue weighted by Gasteiger charge is 2.16. The maximum absolute atomic E-state index is 12.0. The molecule has 0 saturated heterocycles. The van der Waals surface area contributed by atoms with Gasteiger partial charge in [-0.05, 0) is 18.4 Å². The molecule has 4 nitrogen and oxygen atoms in total. The maximum atomic E-state index is 12.0. The van der Waals surface area contributed by atoms with Gasteiger partial charge in [0.05, 0.1) is 5.22 Å². The van der Waals surface area contributed by atoms with Crippen molar-refractivity contribution in [2.75, 3.05) is 0 Å². The summed E-state index contributed by atoms with van der Waals surface area (Å²) in [5.41, 5.74) is 0.488.